The van der Waals surface area contributed by atoms with E-state index in [1.807, 2.05) is 44.1 Å². The molecule has 2 rings (SSSR count). The zero-order valence-electron chi connectivity index (χ0n) is 13.3. The highest BCUT2D eigenvalue weighted by molar-refractivity contribution is 5.96. The molecule has 1 saturated heterocycles. The smallest absolute Gasteiger partial charge is 0.333 e. The SMILES string of the molecule is Cc1c(NC(=O)[C@H]2C[C@@H](C)[C@H](C(=O)O)O2)cccc1N(C)C. The fourth-order valence-electron chi connectivity index (χ4n) is 2.75. The molecule has 2 N–H and O–H groups in total. The topological polar surface area (TPSA) is 78.9 Å². The first-order chi connectivity index (χ1) is 10.3. The van der Waals surface area contributed by atoms with Gasteiger partial charge in [-0.2, -0.15) is 0 Å². The van der Waals surface area contributed by atoms with Gasteiger partial charge in [0.05, 0.1) is 0 Å². The number of rotatable bonds is 4. The molecule has 0 saturated carbocycles. The third-order valence-corrected chi connectivity index (χ3v) is 3.99. The van der Waals surface area contributed by atoms with Crippen LogP contribution in [0.3, 0.4) is 0 Å². The van der Waals surface area contributed by atoms with Gasteiger partial charge < -0.3 is 20.1 Å². The Morgan fingerprint density at radius 3 is 2.59 bits per heavy atom. The molecule has 0 aliphatic carbocycles. The zero-order chi connectivity index (χ0) is 16.4. The number of benzene rings is 1. The first-order valence-electron chi connectivity index (χ1n) is 7.27. The number of anilines is 2. The molecule has 0 bridgehead atoms. The summed E-state index contributed by atoms with van der Waals surface area (Å²) in [5.74, 6) is -1.49. The van der Waals surface area contributed by atoms with E-state index < -0.39 is 18.2 Å². The Morgan fingerprint density at radius 1 is 1.36 bits per heavy atom. The van der Waals surface area contributed by atoms with Gasteiger partial charge in [0.1, 0.15) is 6.10 Å². The molecule has 1 aromatic rings. The van der Waals surface area contributed by atoms with E-state index in [0.717, 1.165) is 11.3 Å². The number of hydrogen-bond donors (Lipinski definition) is 2. The second-order valence-electron chi connectivity index (χ2n) is 5.93. The summed E-state index contributed by atoms with van der Waals surface area (Å²) in [5.41, 5.74) is 2.69. The van der Waals surface area contributed by atoms with Crippen molar-refractivity contribution in [3.63, 3.8) is 0 Å². The lowest BCUT2D eigenvalue weighted by Gasteiger charge is -2.19. The van der Waals surface area contributed by atoms with Crippen LogP contribution in [-0.2, 0) is 14.3 Å². The van der Waals surface area contributed by atoms with Gasteiger partial charge in [-0.25, -0.2) is 4.79 Å². The van der Waals surface area contributed by atoms with Crippen molar-refractivity contribution in [1.82, 2.24) is 0 Å². The zero-order valence-corrected chi connectivity index (χ0v) is 13.3. The summed E-state index contributed by atoms with van der Waals surface area (Å²) in [6.07, 6.45) is -1.22. The van der Waals surface area contributed by atoms with Gasteiger partial charge in [-0.05, 0) is 37.0 Å². The van der Waals surface area contributed by atoms with Gasteiger partial charge >= 0.3 is 5.97 Å². The summed E-state index contributed by atoms with van der Waals surface area (Å²) in [6.45, 7) is 3.72. The van der Waals surface area contributed by atoms with Crippen molar-refractivity contribution in [2.24, 2.45) is 5.92 Å². The highest BCUT2D eigenvalue weighted by Crippen LogP contribution is 2.29. The molecular weight excluding hydrogens is 284 g/mol. The molecule has 0 radical (unpaired) electrons. The second-order valence-corrected chi connectivity index (χ2v) is 5.93. The van der Waals surface area contributed by atoms with E-state index in [-0.39, 0.29) is 11.8 Å². The van der Waals surface area contributed by atoms with Gasteiger partial charge in [-0.15, -0.1) is 0 Å². The fraction of sp³-hybridized carbons (Fsp3) is 0.500. The summed E-state index contributed by atoms with van der Waals surface area (Å²) >= 11 is 0. The predicted molar refractivity (Wildman–Crippen MR) is 84.2 cm³/mol. The molecule has 22 heavy (non-hydrogen) atoms. The van der Waals surface area contributed by atoms with E-state index in [9.17, 15) is 9.59 Å². The molecule has 6 nitrogen and oxygen atoms in total. The van der Waals surface area contributed by atoms with Crippen molar-refractivity contribution >= 4 is 23.3 Å². The summed E-state index contributed by atoms with van der Waals surface area (Å²) in [7, 11) is 3.88. The number of nitrogens with zero attached hydrogens (tertiary/aromatic N) is 1. The van der Waals surface area contributed by atoms with Gasteiger partial charge in [0.25, 0.3) is 5.91 Å². The van der Waals surface area contributed by atoms with Crippen LogP contribution >= 0.6 is 0 Å². The Kier molecular flexibility index (Phi) is 4.71. The molecule has 0 unspecified atom stereocenters. The number of carbonyl (C=O) groups is 2. The van der Waals surface area contributed by atoms with Crippen LogP contribution in [0.15, 0.2) is 18.2 Å². The van der Waals surface area contributed by atoms with Crippen molar-refractivity contribution in [3.8, 4) is 0 Å². The molecular formula is C16H22N2O4. The lowest BCUT2D eigenvalue weighted by atomic mass is 10.0. The fourth-order valence-corrected chi connectivity index (χ4v) is 2.75. The van der Waals surface area contributed by atoms with Crippen molar-refractivity contribution in [3.05, 3.63) is 23.8 Å². The molecule has 3 atom stereocenters. The number of carboxylic acid groups (broad SMARTS) is 1. The highest BCUT2D eigenvalue weighted by Gasteiger charge is 2.40. The van der Waals surface area contributed by atoms with Crippen molar-refractivity contribution in [1.29, 1.82) is 0 Å². The minimum Gasteiger partial charge on any atom is -0.479 e. The number of hydrogen-bond acceptors (Lipinski definition) is 4. The average Bonchev–Trinajstić information content (AvgIpc) is 2.83. The number of aliphatic carboxylic acids is 1. The highest BCUT2D eigenvalue weighted by atomic mass is 16.5. The van der Waals surface area contributed by atoms with E-state index >= 15 is 0 Å². The number of carboxylic acids is 1. The third kappa shape index (κ3) is 3.22. The molecule has 6 heteroatoms. The average molecular weight is 306 g/mol. The van der Waals surface area contributed by atoms with E-state index in [1.165, 1.54) is 0 Å². The molecule has 1 aliphatic heterocycles. The van der Waals surface area contributed by atoms with Crippen LogP contribution in [0.4, 0.5) is 11.4 Å². The summed E-state index contributed by atoms with van der Waals surface area (Å²) in [6, 6.07) is 5.67. The lowest BCUT2D eigenvalue weighted by Crippen LogP contribution is -2.30. The van der Waals surface area contributed by atoms with E-state index in [0.29, 0.717) is 12.1 Å². The van der Waals surface area contributed by atoms with Gasteiger partial charge in [0.15, 0.2) is 6.10 Å². The molecule has 1 aromatic carbocycles. The van der Waals surface area contributed by atoms with Crippen LogP contribution in [-0.4, -0.2) is 43.3 Å². The largest absolute Gasteiger partial charge is 0.479 e. The Morgan fingerprint density at radius 2 is 2.05 bits per heavy atom. The van der Waals surface area contributed by atoms with Gasteiger partial charge in [-0.3, -0.25) is 4.79 Å². The summed E-state index contributed by atoms with van der Waals surface area (Å²) in [4.78, 5) is 25.3. The Balaban J connectivity index is 2.10. The summed E-state index contributed by atoms with van der Waals surface area (Å²) in [5, 5.41) is 11.9. The van der Waals surface area contributed by atoms with Crippen LogP contribution in [0.25, 0.3) is 0 Å². The Hall–Kier alpha value is -2.08. The van der Waals surface area contributed by atoms with Crippen LogP contribution in [0, 0.1) is 12.8 Å². The molecule has 1 aliphatic rings. The summed E-state index contributed by atoms with van der Waals surface area (Å²) < 4.78 is 5.36. The van der Waals surface area contributed by atoms with Gasteiger partial charge in [0.2, 0.25) is 0 Å². The van der Waals surface area contributed by atoms with E-state index in [4.69, 9.17) is 9.84 Å². The minimum atomic E-state index is -1.02. The molecule has 0 aromatic heterocycles. The lowest BCUT2D eigenvalue weighted by molar-refractivity contribution is -0.152. The number of nitrogens with one attached hydrogen (secondary N) is 1. The monoisotopic (exact) mass is 306 g/mol. The standard InChI is InChI=1S/C16H22N2O4/c1-9-8-13(22-14(9)16(20)21)15(19)17-11-6-5-7-12(10(11)2)18(3)4/h5-7,9,13-14H,8H2,1-4H3,(H,17,19)(H,20,21)/t9-,13-,14-/m1/s1. The second kappa shape index (κ2) is 6.36. The minimum absolute atomic E-state index is 0.178. The van der Waals surface area contributed by atoms with Crippen molar-refractivity contribution in [2.45, 2.75) is 32.5 Å². The van der Waals surface area contributed by atoms with E-state index in [2.05, 4.69) is 5.32 Å². The van der Waals surface area contributed by atoms with Gasteiger partial charge in [0, 0.05) is 25.5 Å². The van der Waals surface area contributed by atoms with Gasteiger partial charge in [-0.1, -0.05) is 13.0 Å². The molecule has 0 spiro atoms. The third-order valence-electron chi connectivity index (χ3n) is 3.99. The van der Waals surface area contributed by atoms with Crippen LogP contribution in [0.2, 0.25) is 0 Å². The maximum atomic E-state index is 12.3. The first-order valence-corrected chi connectivity index (χ1v) is 7.27. The van der Waals surface area contributed by atoms with Crippen LogP contribution < -0.4 is 10.2 Å². The van der Waals surface area contributed by atoms with E-state index in [1.54, 1.807) is 6.92 Å². The van der Waals surface area contributed by atoms with Crippen molar-refractivity contribution in [2.75, 3.05) is 24.3 Å². The predicted octanol–water partition coefficient (Wildman–Crippen LogP) is 1.88. The Bertz CT molecular complexity index is 586. The van der Waals surface area contributed by atoms with Crippen molar-refractivity contribution < 1.29 is 19.4 Å². The normalized spacial score (nSPS) is 24.1. The molecule has 1 heterocycles. The number of ether oxygens (including phenoxy) is 1. The maximum Gasteiger partial charge on any atom is 0.333 e. The number of amides is 1. The van der Waals surface area contributed by atoms with Crippen LogP contribution in [0.1, 0.15) is 18.9 Å². The quantitative estimate of drug-likeness (QED) is 0.888. The maximum absolute atomic E-state index is 12.3. The molecule has 1 fully saturated rings. The molecule has 1 amide bonds. The molecule has 120 valence electrons. The van der Waals surface area contributed by atoms with Crippen LogP contribution in [0.5, 0.6) is 0 Å². The number of carbonyl (C=O) groups excluding carboxylic acids is 1. The Labute approximate surface area is 130 Å². The first kappa shape index (κ1) is 16.3.